The fourth-order valence-electron chi connectivity index (χ4n) is 4.88. The molecule has 31 heavy (non-hydrogen) atoms. The van der Waals surface area contributed by atoms with Crippen molar-refractivity contribution < 1.29 is 24.9 Å². The van der Waals surface area contributed by atoms with E-state index in [-0.39, 0.29) is 30.3 Å². The van der Waals surface area contributed by atoms with Gasteiger partial charge in [-0.3, -0.25) is 9.59 Å². The highest BCUT2D eigenvalue weighted by Gasteiger charge is 2.47. The predicted molar refractivity (Wildman–Crippen MR) is 117 cm³/mol. The van der Waals surface area contributed by atoms with E-state index in [1.807, 2.05) is 11.8 Å². The van der Waals surface area contributed by atoms with Gasteiger partial charge >= 0.3 is 0 Å². The summed E-state index contributed by atoms with van der Waals surface area (Å²) in [6.07, 6.45) is 7.22. The van der Waals surface area contributed by atoms with E-state index in [2.05, 4.69) is 22.8 Å². The molecule has 0 spiro atoms. The van der Waals surface area contributed by atoms with Crippen LogP contribution in [0.2, 0.25) is 0 Å². The van der Waals surface area contributed by atoms with Gasteiger partial charge in [-0.1, -0.05) is 25.5 Å². The minimum atomic E-state index is -1.20. The Bertz CT molecular complexity index is 720. The van der Waals surface area contributed by atoms with Crippen molar-refractivity contribution in [1.29, 1.82) is 0 Å². The van der Waals surface area contributed by atoms with Crippen molar-refractivity contribution in [3.8, 4) is 0 Å². The van der Waals surface area contributed by atoms with Gasteiger partial charge in [-0.25, -0.2) is 0 Å². The zero-order valence-electron chi connectivity index (χ0n) is 18.6. The van der Waals surface area contributed by atoms with E-state index in [1.54, 1.807) is 6.92 Å². The molecule has 0 aliphatic heterocycles. The number of carbonyl (C=O) groups excluding carboxylic acids is 2. The van der Waals surface area contributed by atoms with Crippen LogP contribution < -0.4 is 10.6 Å². The molecule has 3 aliphatic carbocycles. The highest BCUT2D eigenvalue weighted by atomic mass is 16.3. The van der Waals surface area contributed by atoms with E-state index >= 15 is 0 Å². The first-order valence-electron chi connectivity index (χ1n) is 11.6. The lowest BCUT2D eigenvalue weighted by Crippen LogP contribution is -2.58. The van der Waals surface area contributed by atoms with E-state index in [0.717, 1.165) is 32.1 Å². The van der Waals surface area contributed by atoms with Gasteiger partial charge in [0.2, 0.25) is 11.7 Å². The second kappa shape index (κ2) is 10.6. The average Bonchev–Trinajstić information content (AvgIpc) is 2.77. The van der Waals surface area contributed by atoms with Gasteiger partial charge in [0.25, 0.3) is 0 Å². The number of ketones is 1. The Labute approximate surface area is 184 Å². The molecule has 3 rings (SSSR count). The molecule has 1 amide bonds. The van der Waals surface area contributed by atoms with Gasteiger partial charge in [0.15, 0.2) is 6.10 Å². The third kappa shape index (κ3) is 5.30. The standard InChI is InChI=1S/C23H37N3O5/c1-3-12-26(17-11-7-10-16(20(17)28)23(31)24-13-14(2)27)19-18(21(29)22(19)30)25-15-8-5-4-6-9-15/h5,8,14-17,20,22,25,27-28,30H,3-4,6-7,9-13H2,1-2H3,(H,24,31)/t14-,15?,16?,17?,20?,22?/m0/s1. The van der Waals surface area contributed by atoms with Crippen LogP contribution in [0.5, 0.6) is 0 Å². The topological polar surface area (TPSA) is 122 Å². The number of aliphatic hydroxyl groups excluding tert-OH is 3. The molecule has 3 aliphatic rings. The van der Waals surface area contributed by atoms with Crippen molar-refractivity contribution in [2.45, 2.75) is 89.2 Å². The van der Waals surface area contributed by atoms with Crippen molar-refractivity contribution >= 4 is 11.7 Å². The summed E-state index contributed by atoms with van der Waals surface area (Å²) in [5.74, 6) is -1.16. The number of aliphatic hydroxyl groups is 3. The summed E-state index contributed by atoms with van der Waals surface area (Å²) >= 11 is 0. The SMILES string of the molecule is CCCN(C1=C(NC2C=CCCC2)C(=O)C1O)C1CCCC(C(=O)NC[C@H](C)O)C1O. The molecule has 0 aromatic heterocycles. The summed E-state index contributed by atoms with van der Waals surface area (Å²) in [5, 5.41) is 37.1. The molecule has 0 radical (unpaired) electrons. The van der Waals surface area contributed by atoms with Crippen LogP contribution in [0.25, 0.3) is 0 Å². The number of hydrogen-bond acceptors (Lipinski definition) is 7. The van der Waals surface area contributed by atoms with Crippen LogP contribution in [0, 0.1) is 5.92 Å². The molecule has 0 bridgehead atoms. The summed E-state index contributed by atoms with van der Waals surface area (Å²) in [5.41, 5.74) is 0.977. The monoisotopic (exact) mass is 435 g/mol. The highest BCUT2D eigenvalue weighted by Crippen LogP contribution is 2.36. The van der Waals surface area contributed by atoms with Crippen LogP contribution in [0.1, 0.15) is 58.8 Å². The highest BCUT2D eigenvalue weighted by molar-refractivity contribution is 6.08. The van der Waals surface area contributed by atoms with Crippen LogP contribution in [-0.4, -0.2) is 75.4 Å². The molecular weight excluding hydrogens is 398 g/mol. The smallest absolute Gasteiger partial charge is 0.225 e. The molecule has 0 aromatic rings. The third-order valence-electron chi connectivity index (χ3n) is 6.50. The fourth-order valence-corrected chi connectivity index (χ4v) is 4.88. The van der Waals surface area contributed by atoms with Gasteiger partial charge in [-0.05, 0) is 45.4 Å². The molecule has 5 N–H and O–H groups in total. The summed E-state index contributed by atoms with van der Waals surface area (Å²) in [4.78, 5) is 27.0. The van der Waals surface area contributed by atoms with Gasteiger partial charge in [0.1, 0.15) is 5.70 Å². The zero-order valence-corrected chi connectivity index (χ0v) is 18.6. The molecular formula is C23H37N3O5. The Morgan fingerprint density at radius 1 is 1.26 bits per heavy atom. The van der Waals surface area contributed by atoms with Crippen molar-refractivity contribution in [2.75, 3.05) is 13.1 Å². The lowest BCUT2D eigenvalue weighted by molar-refractivity contribution is -0.135. The van der Waals surface area contributed by atoms with Gasteiger partial charge in [-0.15, -0.1) is 0 Å². The molecule has 1 fully saturated rings. The minimum absolute atomic E-state index is 0.0638. The number of carbonyl (C=O) groups is 2. The van der Waals surface area contributed by atoms with Crippen LogP contribution >= 0.6 is 0 Å². The second-order valence-electron chi connectivity index (χ2n) is 9.02. The van der Waals surface area contributed by atoms with Crippen molar-refractivity contribution in [1.82, 2.24) is 15.5 Å². The second-order valence-corrected chi connectivity index (χ2v) is 9.02. The molecule has 0 heterocycles. The van der Waals surface area contributed by atoms with Crippen LogP contribution in [0.3, 0.4) is 0 Å². The van der Waals surface area contributed by atoms with E-state index in [4.69, 9.17) is 0 Å². The lowest BCUT2D eigenvalue weighted by atomic mass is 9.80. The summed E-state index contributed by atoms with van der Waals surface area (Å²) < 4.78 is 0. The maximum absolute atomic E-state index is 12.6. The Hall–Kier alpha value is -1.90. The fraction of sp³-hybridized carbons (Fsp3) is 0.739. The lowest BCUT2D eigenvalue weighted by Gasteiger charge is -2.47. The maximum Gasteiger partial charge on any atom is 0.225 e. The van der Waals surface area contributed by atoms with Crippen LogP contribution in [0.15, 0.2) is 23.5 Å². The number of Topliss-reactive ketones (excluding diaryl/α,β-unsaturated/α-hetero) is 1. The number of nitrogens with one attached hydrogen (secondary N) is 2. The van der Waals surface area contributed by atoms with E-state index in [1.165, 1.54) is 0 Å². The first-order valence-corrected chi connectivity index (χ1v) is 11.6. The Balaban J connectivity index is 1.80. The molecule has 8 heteroatoms. The van der Waals surface area contributed by atoms with Crippen LogP contribution in [-0.2, 0) is 9.59 Å². The van der Waals surface area contributed by atoms with E-state index in [9.17, 15) is 24.9 Å². The first-order chi connectivity index (χ1) is 14.8. The minimum Gasteiger partial charge on any atom is -0.392 e. The molecule has 174 valence electrons. The molecule has 1 saturated carbocycles. The number of rotatable bonds is 9. The van der Waals surface area contributed by atoms with Crippen molar-refractivity contribution in [2.24, 2.45) is 5.92 Å². The van der Waals surface area contributed by atoms with Gasteiger partial charge in [0.05, 0.1) is 29.9 Å². The number of hydrogen-bond donors (Lipinski definition) is 5. The van der Waals surface area contributed by atoms with Crippen molar-refractivity contribution in [3.63, 3.8) is 0 Å². The zero-order chi connectivity index (χ0) is 22.5. The molecule has 8 nitrogen and oxygen atoms in total. The summed E-state index contributed by atoms with van der Waals surface area (Å²) in [6, 6.07) is -0.290. The van der Waals surface area contributed by atoms with Crippen LogP contribution in [0.4, 0.5) is 0 Å². The summed E-state index contributed by atoms with van der Waals surface area (Å²) in [7, 11) is 0. The molecule has 0 saturated heterocycles. The van der Waals surface area contributed by atoms with Gasteiger partial charge in [-0.2, -0.15) is 0 Å². The number of nitrogens with zero attached hydrogens (tertiary/aromatic N) is 1. The number of allylic oxidation sites excluding steroid dienone is 1. The normalized spacial score (nSPS) is 31.8. The van der Waals surface area contributed by atoms with Crippen molar-refractivity contribution in [3.05, 3.63) is 23.5 Å². The van der Waals surface area contributed by atoms with E-state index < -0.39 is 24.2 Å². The quantitative estimate of drug-likeness (QED) is 0.336. The molecule has 0 aromatic carbocycles. The number of amides is 1. The predicted octanol–water partition coefficient (Wildman–Crippen LogP) is 0.579. The summed E-state index contributed by atoms with van der Waals surface area (Å²) in [6.45, 7) is 4.34. The Morgan fingerprint density at radius 3 is 2.68 bits per heavy atom. The maximum atomic E-state index is 12.6. The van der Waals surface area contributed by atoms with Gasteiger partial charge in [0, 0.05) is 19.1 Å². The van der Waals surface area contributed by atoms with E-state index in [0.29, 0.717) is 30.8 Å². The molecule has 6 atom stereocenters. The Kier molecular flexibility index (Phi) is 8.13. The first kappa shape index (κ1) is 23.8. The van der Waals surface area contributed by atoms with Gasteiger partial charge < -0.3 is 30.9 Å². The third-order valence-corrected chi connectivity index (χ3v) is 6.50. The Morgan fingerprint density at radius 2 is 2.03 bits per heavy atom. The largest absolute Gasteiger partial charge is 0.392 e. The average molecular weight is 436 g/mol. The molecule has 5 unspecified atom stereocenters.